The summed E-state index contributed by atoms with van der Waals surface area (Å²) in [6.07, 6.45) is 3.83. The van der Waals surface area contributed by atoms with Gasteiger partial charge in [-0.2, -0.15) is 0 Å². The first-order valence-corrected chi connectivity index (χ1v) is 5.17. The zero-order chi connectivity index (χ0) is 9.68. The van der Waals surface area contributed by atoms with Crippen molar-refractivity contribution in [1.29, 1.82) is 0 Å². The van der Waals surface area contributed by atoms with Gasteiger partial charge in [-0.1, -0.05) is 12.1 Å². The van der Waals surface area contributed by atoms with Crippen molar-refractivity contribution < 1.29 is 0 Å². The molecular formula is C11H12IN. The van der Waals surface area contributed by atoms with Gasteiger partial charge in [0.25, 0.3) is 0 Å². The van der Waals surface area contributed by atoms with Crippen LogP contribution < -0.4 is 0 Å². The van der Waals surface area contributed by atoms with Crippen LogP contribution in [0.2, 0.25) is 0 Å². The van der Waals surface area contributed by atoms with Gasteiger partial charge in [0, 0.05) is 16.8 Å². The molecule has 0 aromatic heterocycles. The number of rotatable bonds is 2. The number of benzene rings is 1. The van der Waals surface area contributed by atoms with Gasteiger partial charge >= 0.3 is 0 Å². The Balaban J connectivity index is 2.89. The lowest BCUT2D eigenvalue weighted by Gasteiger charge is -1.99. The summed E-state index contributed by atoms with van der Waals surface area (Å²) in [4.78, 5) is 3.92. The van der Waals surface area contributed by atoms with E-state index in [0.29, 0.717) is 0 Å². The van der Waals surface area contributed by atoms with Crippen LogP contribution in [0, 0.1) is 3.57 Å². The van der Waals surface area contributed by atoms with E-state index in [0.717, 1.165) is 0 Å². The summed E-state index contributed by atoms with van der Waals surface area (Å²) < 4.78 is 1.26. The molecule has 0 aliphatic heterocycles. The number of hydrogen-bond donors (Lipinski definition) is 0. The standard InChI is InChI=1S/C11H12IN/c1-9(7-8-13-2)10-3-5-11(12)6-4-10/h3-8H,1-2H3/b9-7+,13-8-. The Morgan fingerprint density at radius 2 is 1.92 bits per heavy atom. The van der Waals surface area contributed by atoms with Gasteiger partial charge in [0.05, 0.1) is 0 Å². The van der Waals surface area contributed by atoms with E-state index < -0.39 is 0 Å². The second kappa shape index (κ2) is 5.17. The zero-order valence-corrected chi connectivity index (χ0v) is 9.95. The highest BCUT2D eigenvalue weighted by molar-refractivity contribution is 14.1. The molecule has 0 unspecified atom stereocenters. The van der Waals surface area contributed by atoms with E-state index in [1.54, 1.807) is 7.05 Å². The molecule has 0 saturated heterocycles. The number of allylic oxidation sites excluding steroid dienone is 2. The lowest BCUT2D eigenvalue weighted by molar-refractivity contribution is 1.47. The Bertz CT molecular complexity index is 322. The first-order valence-electron chi connectivity index (χ1n) is 4.09. The molecular weight excluding hydrogens is 273 g/mol. The molecule has 68 valence electrons. The van der Waals surface area contributed by atoms with E-state index >= 15 is 0 Å². The lowest BCUT2D eigenvalue weighted by Crippen LogP contribution is -1.80. The smallest absolute Gasteiger partial charge is 0.0277 e. The van der Waals surface area contributed by atoms with Crippen LogP contribution in [0.1, 0.15) is 12.5 Å². The Labute approximate surface area is 92.7 Å². The van der Waals surface area contributed by atoms with Crippen LogP contribution in [0.4, 0.5) is 0 Å². The minimum absolute atomic E-state index is 1.24. The van der Waals surface area contributed by atoms with Gasteiger partial charge in [0.2, 0.25) is 0 Å². The molecule has 0 spiro atoms. The average Bonchev–Trinajstić information content (AvgIpc) is 2.15. The number of aliphatic imine (C=N–C) groups is 1. The zero-order valence-electron chi connectivity index (χ0n) is 7.79. The topological polar surface area (TPSA) is 12.4 Å². The van der Waals surface area contributed by atoms with Crippen molar-refractivity contribution in [3.8, 4) is 0 Å². The van der Waals surface area contributed by atoms with Gasteiger partial charge in [-0.05, 0) is 58.9 Å². The van der Waals surface area contributed by atoms with Crippen LogP contribution in [0.5, 0.6) is 0 Å². The van der Waals surface area contributed by atoms with Crippen molar-refractivity contribution in [2.75, 3.05) is 7.05 Å². The monoisotopic (exact) mass is 285 g/mol. The molecule has 1 rings (SSSR count). The summed E-state index contributed by atoms with van der Waals surface area (Å²) in [7, 11) is 1.78. The van der Waals surface area contributed by atoms with E-state index in [9.17, 15) is 0 Å². The number of nitrogens with zero attached hydrogens (tertiary/aromatic N) is 1. The normalized spacial score (nSPS) is 12.4. The molecule has 0 aliphatic rings. The summed E-state index contributed by atoms with van der Waals surface area (Å²) >= 11 is 2.30. The van der Waals surface area contributed by atoms with Gasteiger partial charge in [-0.3, -0.25) is 4.99 Å². The largest absolute Gasteiger partial charge is 0.297 e. The highest BCUT2D eigenvalue weighted by Gasteiger charge is 1.93. The van der Waals surface area contributed by atoms with E-state index in [1.807, 2.05) is 12.3 Å². The summed E-state index contributed by atoms with van der Waals surface area (Å²) in [6, 6.07) is 8.46. The maximum Gasteiger partial charge on any atom is 0.0277 e. The molecule has 1 nitrogen and oxygen atoms in total. The van der Waals surface area contributed by atoms with Gasteiger partial charge in [0.15, 0.2) is 0 Å². The highest BCUT2D eigenvalue weighted by atomic mass is 127. The molecule has 0 saturated carbocycles. The Hall–Kier alpha value is -0.640. The maximum atomic E-state index is 3.92. The summed E-state index contributed by atoms with van der Waals surface area (Å²) in [5, 5.41) is 0. The molecule has 1 aromatic rings. The van der Waals surface area contributed by atoms with E-state index in [-0.39, 0.29) is 0 Å². The number of halogens is 1. The molecule has 0 bridgehead atoms. The summed E-state index contributed by atoms with van der Waals surface area (Å²) in [5.41, 5.74) is 2.49. The van der Waals surface area contributed by atoms with Crippen LogP contribution in [0.15, 0.2) is 35.3 Å². The first kappa shape index (κ1) is 10.4. The van der Waals surface area contributed by atoms with Crippen molar-refractivity contribution in [1.82, 2.24) is 0 Å². The van der Waals surface area contributed by atoms with Crippen molar-refractivity contribution in [3.63, 3.8) is 0 Å². The van der Waals surface area contributed by atoms with E-state index in [1.165, 1.54) is 14.7 Å². The molecule has 2 heteroatoms. The molecule has 0 radical (unpaired) electrons. The highest BCUT2D eigenvalue weighted by Crippen LogP contribution is 2.14. The Kier molecular flexibility index (Phi) is 4.15. The fourth-order valence-electron chi connectivity index (χ4n) is 0.995. The molecule has 0 fully saturated rings. The van der Waals surface area contributed by atoms with Gasteiger partial charge < -0.3 is 0 Å². The minimum Gasteiger partial charge on any atom is -0.297 e. The van der Waals surface area contributed by atoms with Crippen LogP contribution in [-0.2, 0) is 0 Å². The van der Waals surface area contributed by atoms with Crippen molar-refractivity contribution in [2.45, 2.75) is 6.92 Å². The number of hydrogen-bond acceptors (Lipinski definition) is 1. The summed E-state index contributed by atoms with van der Waals surface area (Å²) in [6.45, 7) is 2.09. The first-order chi connectivity index (χ1) is 6.24. The predicted molar refractivity (Wildman–Crippen MR) is 67.2 cm³/mol. The molecule has 0 aliphatic carbocycles. The average molecular weight is 285 g/mol. The quantitative estimate of drug-likeness (QED) is 0.583. The van der Waals surface area contributed by atoms with Crippen molar-refractivity contribution in [2.24, 2.45) is 4.99 Å². The Morgan fingerprint density at radius 3 is 2.46 bits per heavy atom. The predicted octanol–water partition coefficient (Wildman–Crippen LogP) is 3.40. The molecule has 13 heavy (non-hydrogen) atoms. The third-order valence-electron chi connectivity index (χ3n) is 1.77. The molecule has 0 heterocycles. The van der Waals surface area contributed by atoms with Gasteiger partial charge in [-0.15, -0.1) is 0 Å². The SMILES string of the molecule is C/N=C\C=C(/C)c1ccc(I)cc1. The van der Waals surface area contributed by atoms with Gasteiger partial charge in [0.1, 0.15) is 0 Å². The second-order valence-corrected chi connectivity index (χ2v) is 4.01. The molecule has 1 aromatic carbocycles. The van der Waals surface area contributed by atoms with Crippen LogP contribution in [-0.4, -0.2) is 13.3 Å². The van der Waals surface area contributed by atoms with E-state index in [4.69, 9.17) is 0 Å². The summed E-state index contributed by atoms with van der Waals surface area (Å²) in [5.74, 6) is 0. The minimum atomic E-state index is 1.24. The maximum absolute atomic E-state index is 3.92. The third kappa shape index (κ3) is 3.30. The van der Waals surface area contributed by atoms with Gasteiger partial charge in [-0.25, -0.2) is 0 Å². The van der Waals surface area contributed by atoms with Crippen molar-refractivity contribution in [3.05, 3.63) is 39.5 Å². The van der Waals surface area contributed by atoms with E-state index in [2.05, 4.69) is 58.8 Å². The van der Waals surface area contributed by atoms with Crippen LogP contribution in [0.25, 0.3) is 5.57 Å². The lowest BCUT2D eigenvalue weighted by atomic mass is 10.1. The second-order valence-electron chi connectivity index (χ2n) is 2.76. The van der Waals surface area contributed by atoms with Crippen LogP contribution in [0.3, 0.4) is 0 Å². The van der Waals surface area contributed by atoms with Crippen LogP contribution >= 0.6 is 22.6 Å². The fourth-order valence-corrected chi connectivity index (χ4v) is 1.35. The third-order valence-corrected chi connectivity index (χ3v) is 2.49. The molecule has 0 amide bonds. The molecule has 0 N–H and O–H groups in total. The Morgan fingerprint density at radius 1 is 1.31 bits per heavy atom. The van der Waals surface area contributed by atoms with Crippen molar-refractivity contribution >= 4 is 34.4 Å². The fraction of sp³-hybridized carbons (Fsp3) is 0.182. The molecule has 0 atom stereocenters.